The van der Waals surface area contributed by atoms with Crippen LogP contribution in [0, 0.1) is 5.92 Å². The molecule has 4 heterocycles. The van der Waals surface area contributed by atoms with Crippen LogP contribution in [-0.4, -0.2) is 36.0 Å². The second kappa shape index (κ2) is 7.06. The number of benzene rings is 1. The summed E-state index contributed by atoms with van der Waals surface area (Å²) < 4.78 is 5.33. The third-order valence-electron chi connectivity index (χ3n) is 5.35. The lowest BCUT2D eigenvalue weighted by Crippen LogP contribution is -2.62. The van der Waals surface area contributed by atoms with Gasteiger partial charge in [0.15, 0.2) is 5.09 Å². The maximum absolute atomic E-state index is 12.6. The molecule has 1 amide bonds. The molecule has 4 nitrogen and oxygen atoms in total. The van der Waals surface area contributed by atoms with E-state index in [1.54, 1.807) is 6.07 Å². The number of furan rings is 1. The quantitative estimate of drug-likeness (QED) is 0.864. The first-order valence-corrected chi connectivity index (χ1v) is 9.86. The average molecular weight is 377 g/mol. The van der Waals surface area contributed by atoms with Crippen LogP contribution in [-0.2, 0) is 0 Å². The Hall–Kier alpha value is -1.43. The highest BCUT2D eigenvalue weighted by atomic mass is 35.5. The van der Waals surface area contributed by atoms with Gasteiger partial charge in [-0.2, -0.15) is 0 Å². The molecule has 1 N–H and O–H groups in total. The molecule has 0 aliphatic carbocycles. The highest BCUT2D eigenvalue weighted by Gasteiger charge is 2.40. The van der Waals surface area contributed by atoms with Crippen molar-refractivity contribution in [3.8, 4) is 0 Å². The number of hydrogen-bond acceptors (Lipinski definition) is 4. The van der Waals surface area contributed by atoms with Crippen molar-refractivity contribution in [1.82, 2.24) is 10.2 Å². The Kier molecular flexibility index (Phi) is 4.80. The zero-order valence-corrected chi connectivity index (χ0v) is 15.6. The number of carbonyl (C=O) groups is 1. The molecule has 0 unspecified atom stereocenters. The third-order valence-corrected chi connectivity index (χ3v) is 6.48. The van der Waals surface area contributed by atoms with E-state index in [-0.39, 0.29) is 11.9 Å². The zero-order chi connectivity index (χ0) is 17.4. The molecule has 1 aromatic carbocycles. The molecule has 2 aromatic rings. The molecule has 3 saturated heterocycles. The summed E-state index contributed by atoms with van der Waals surface area (Å²) in [5.74, 6) is 0.630. The van der Waals surface area contributed by atoms with Gasteiger partial charge in [0.1, 0.15) is 6.26 Å². The van der Waals surface area contributed by atoms with Crippen molar-refractivity contribution in [2.24, 2.45) is 5.92 Å². The van der Waals surface area contributed by atoms with Gasteiger partial charge in [0, 0.05) is 28.6 Å². The predicted molar refractivity (Wildman–Crippen MR) is 99.3 cm³/mol. The van der Waals surface area contributed by atoms with Crippen LogP contribution < -0.4 is 5.32 Å². The average Bonchev–Trinajstić information content (AvgIpc) is 3.04. The van der Waals surface area contributed by atoms with Gasteiger partial charge in [-0.25, -0.2) is 0 Å². The SMILES string of the molecule is C[C@@H]1[C@H](NC(=O)c2ccc(Sc3cc(Cl)co3)cc2)C2CCN1CC2. The molecule has 132 valence electrons. The van der Waals surface area contributed by atoms with E-state index >= 15 is 0 Å². The summed E-state index contributed by atoms with van der Waals surface area (Å²) in [7, 11) is 0. The number of nitrogens with one attached hydrogen (secondary N) is 1. The first kappa shape index (κ1) is 17.0. The Morgan fingerprint density at radius 2 is 2.00 bits per heavy atom. The summed E-state index contributed by atoms with van der Waals surface area (Å²) in [4.78, 5) is 16.1. The normalized spacial score (nSPS) is 28.1. The van der Waals surface area contributed by atoms with Crippen molar-refractivity contribution >= 4 is 29.3 Å². The van der Waals surface area contributed by atoms with E-state index in [0.717, 1.165) is 9.99 Å². The molecule has 25 heavy (non-hydrogen) atoms. The Morgan fingerprint density at radius 1 is 1.28 bits per heavy atom. The van der Waals surface area contributed by atoms with Crippen LogP contribution in [0.25, 0.3) is 0 Å². The van der Waals surface area contributed by atoms with Crippen molar-refractivity contribution in [1.29, 1.82) is 0 Å². The lowest BCUT2D eigenvalue weighted by atomic mass is 9.79. The van der Waals surface area contributed by atoms with E-state index in [9.17, 15) is 4.79 Å². The number of halogens is 1. The van der Waals surface area contributed by atoms with Gasteiger partial charge in [-0.3, -0.25) is 9.69 Å². The minimum atomic E-state index is 0.0168. The monoisotopic (exact) mass is 376 g/mol. The summed E-state index contributed by atoms with van der Waals surface area (Å²) in [5, 5.41) is 4.59. The summed E-state index contributed by atoms with van der Waals surface area (Å²) in [5.41, 5.74) is 0.700. The topological polar surface area (TPSA) is 45.5 Å². The molecule has 3 aliphatic rings. The number of fused-ring (bicyclic) bond motifs is 3. The van der Waals surface area contributed by atoms with Crippen LogP contribution in [0.15, 0.2) is 51.0 Å². The molecule has 0 saturated carbocycles. The van der Waals surface area contributed by atoms with Gasteiger partial charge in [0.2, 0.25) is 0 Å². The Bertz CT molecular complexity index is 751. The van der Waals surface area contributed by atoms with Gasteiger partial charge >= 0.3 is 0 Å². The molecule has 0 spiro atoms. The molecule has 5 rings (SSSR count). The van der Waals surface area contributed by atoms with Crippen LogP contribution in [0.4, 0.5) is 0 Å². The summed E-state index contributed by atoms with van der Waals surface area (Å²) in [6, 6.07) is 10.1. The van der Waals surface area contributed by atoms with Crippen molar-refractivity contribution in [2.45, 2.75) is 41.8 Å². The number of hydrogen-bond donors (Lipinski definition) is 1. The largest absolute Gasteiger partial charge is 0.456 e. The third kappa shape index (κ3) is 3.59. The van der Waals surface area contributed by atoms with Crippen molar-refractivity contribution in [2.75, 3.05) is 13.1 Å². The number of carbonyl (C=O) groups excluding carboxylic acids is 1. The first-order valence-electron chi connectivity index (χ1n) is 8.67. The number of nitrogens with zero attached hydrogens (tertiary/aromatic N) is 1. The summed E-state index contributed by atoms with van der Waals surface area (Å²) >= 11 is 7.35. The summed E-state index contributed by atoms with van der Waals surface area (Å²) in [6.45, 7) is 4.56. The van der Waals surface area contributed by atoms with Gasteiger partial charge in [-0.05, 0) is 63.0 Å². The second-order valence-electron chi connectivity index (χ2n) is 6.82. The van der Waals surface area contributed by atoms with Crippen molar-refractivity contribution in [3.63, 3.8) is 0 Å². The van der Waals surface area contributed by atoms with Crippen LogP contribution in [0.2, 0.25) is 5.02 Å². The zero-order valence-electron chi connectivity index (χ0n) is 14.1. The molecule has 2 bridgehead atoms. The minimum Gasteiger partial charge on any atom is -0.456 e. The van der Waals surface area contributed by atoms with Crippen molar-refractivity contribution < 1.29 is 9.21 Å². The van der Waals surface area contributed by atoms with E-state index in [4.69, 9.17) is 16.0 Å². The van der Waals surface area contributed by atoms with E-state index in [1.165, 1.54) is 44.0 Å². The molecule has 3 fully saturated rings. The maximum atomic E-state index is 12.6. The van der Waals surface area contributed by atoms with Crippen LogP contribution in [0.5, 0.6) is 0 Å². The fourth-order valence-corrected chi connectivity index (χ4v) is 4.91. The number of amides is 1. The molecule has 3 aliphatic heterocycles. The fourth-order valence-electron chi connectivity index (χ4n) is 3.92. The molecule has 0 radical (unpaired) electrons. The van der Waals surface area contributed by atoms with Crippen molar-refractivity contribution in [3.05, 3.63) is 47.2 Å². The number of rotatable bonds is 4. The molecule has 1 aromatic heterocycles. The van der Waals surface area contributed by atoms with Crippen LogP contribution in [0.1, 0.15) is 30.1 Å². The maximum Gasteiger partial charge on any atom is 0.251 e. The Labute approximate surface area is 156 Å². The highest BCUT2D eigenvalue weighted by molar-refractivity contribution is 7.99. The van der Waals surface area contributed by atoms with E-state index in [2.05, 4.69) is 17.1 Å². The lowest BCUT2D eigenvalue weighted by molar-refractivity contribution is 0.0217. The van der Waals surface area contributed by atoms with E-state index in [1.807, 2.05) is 24.3 Å². The lowest BCUT2D eigenvalue weighted by Gasteiger charge is -2.49. The van der Waals surface area contributed by atoms with Crippen LogP contribution in [0.3, 0.4) is 0 Å². The summed E-state index contributed by atoms with van der Waals surface area (Å²) in [6.07, 6.45) is 3.90. The highest BCUT2D eigenvalue weighted by Crippen LogP contribution is 2.33. The van der Waals surface area contributed by atoms with Gasteiger partial charge in [0.25, 0.3) is 5.91 Å². The standard InChI is InChI=1S/C19H21ClN2O2S/c1-12-18(13-6-8-22(12)9-7-13)21-19(23)14-2-4-16(5-3-14)25-17-10-15(20)11-24-17/h2-5,10-13,18H,6-9H2,1H3,(H,21,23)/t12-,18+/m1/s1. The molecular formula is C19H21ClN2O2S. The predicted octanol–water partition coefficient (Wildman–Crippen LogP) is 4.30. The minimum absolute atomic E-state index is 0.0168. The molecular weight excluding hydrogens is 356 g/mol. The smallest absolute Gasteiger partial charge is 0.251 e. The second-order valence-corrected chi connectivity index (χ2v) is 8.34. The molecule has 2 atom stereocenters. The Morgan fingerprint density at radius 3 is 2.60 bits per heavy atom. The first-order chi connectivity index (χ1) is 12.1. The van der Waals surface area contributed by atoms with Gasteiger partial charge < -0.3 is 9.73 Å². The van der Waals surface area contributed by atoms with Gasteiger partial charge in [-0.1, -0.05) is 23.4 Å². The fraction of sp³-hybridized carbons (Fsp3) is 0.421. The van der Waals surface area contributed by atoms with E-state index in [0.29, 0.717) is 22.5 Å². The van der Waals surface area contributed by atoms with Crippen LogP contribution >= 0.6 is 23.4 Å². The number of piperidine rings is 3. The molecule has 6 heteroatoms. The Balaban J connectivity index is 1.40. The van der Waals surface area contributed by atoms with Gasteiger partial charge in [-0.15, -0.1) is 0 Å². The van der Waals surface area contributed by atoms with Gasteiger partial charge in [0.05, 0.1) is 5.02 Å². The van der Waals surface area contributed by atoms with E-state index < -0.39 is 0 Å².